The van der Waals surface area contributed by atoms with Crippen LogP contribution in [0.1, 0.15) is 26.2 Å². The smallest absolute Gasteiger partial charge is 0.262 e. The molecule has 1 aliphatic heterocycles. The molecule has 138 valence electrons. The zero-order valence-electron chi connectivity index (χ0n) is 14.8. The highest BCUT2D eigenvalue weighted by molar-refractivity contribution is 14.1. The molecule has 2 heterocycles. The summed E-state index contributed by atoms with van der Waals surface area (Å²) >= 11 is 3.53. The number of piperidine rings is 1. The number of fused-ring (bicyclic) bond motifs is 1. The number of likely N-dealkylation sites (tertiary alicyclic amines) is 1. The summed E-state index contributed by atoms with van der Waals surface area (Å²) in [4.78, 5) is 32.0. The van der Waals surface area contributed by atoms with E-state index in [0.717, 1.165) is 35.1 Å². The minimum atomic E-state index is -0.0792. The second-order valence-corrected chi connectivity index (χ2v) is 8.82. The predicted octanol–water partition coefficient (Wildman–Crippen LogP) is 3.68. The minimum Gasteiger partial charge on any atom is -0.342 e. The molecule has 1 fully saturated rings. The fourth-order valence-electron chi connectivity index (χ4n) is 3.05. The van der Waals surface area contributed by atoms with Crippen LogP contribution in [-0.2, 0) is 11.3 Å². The van der Waals surface area contributed by atoms with Crippen LogP contribution in [0.4, 0.5) is 0 Å². The molecular weight excluding hydrogens is 461 g/mol. The third-order valence-corrected chi connectivity index (χ3v) is 5.97. The number of benzene rings is 1. The van der Waals surface area contributed by atoms with Crippen LogP contribution in [0, 0.1) is 3.57 Å². The molecule has 0 atom stereocenters. The highest BCUT2D eigenvalue weighted by Crippen LogP contribution is 2.21. The van der Waals surface area contributed by atoms with Crippen LogP contribution >= 0.6 is 34.4 Å². The van der Waals surface area contributed by atoms with E-state index < -0.39 is 0 Å². The minimum absolute atomic E-state index is 0.0792. The molecule has 3 rings (SSSR count). The fraction of sp³-hybridized carbons (Fsp3) is 0.421. The second-order valence-electron chi connectivity index (χ2n) is 6.63. The molecule has 1 aliphatic rings. The number of amides is 1. The summed E-state index contributed by atoms with van der Waals surface area (Å²) in [6.45, 7) is 7.89. The molecule has 0 saturated carbocycles. The number of rotatable bonds is 5. The molecule has 0 radical (unpaired) electrons. The van der Waals surface area contributed by atoms with E-state index in [4.69, 9.17) is 0 Å². The van der Waals surface area contributed by atoms with Crippen LogP contribution in [0.5, 0.6) is 0 Å². The van der Waals surface area contributed by atoms with E-state index in [2.05, 4.69) is 34.2 Å². The van der Waals surface area contributed by atoms with Gasteiger partial charge >= 0.3 is 0 Å². The van der Waals surface area contributed by atoms with Gasteiger partial charge in [0.2, 0.25) is 5.91 Å². The molecular formula is C19H22IN3O2S. The Hall–Kier alpha value is -1.35. The van der Waals surface area contributed by atoms with Crippen molar-refractivity contribution in [3.8, 4) is 0 Å². The number of halogens is 1. The van der Waals surface area contributed by atoms with Crippen molar-refractivity contribution >= 4 is 51.2 Å². The molecule has 0 bridgehead atoms. The zero-order valence-corrected chi connectivity index (χ0v) is 17.8. The quantitative estimate of drug-likeness (QED) is 0.282. The summed E-state index contributed by atoms with van der Waals surface area (Å²) < 4.78 is 2.63. The van der Waals surface area contributed by atoms with Crippen molar-refractivity contribution in [2.45, 2.75) is 37.9 Å². The van der Waals surface area contributed by atoms with Gasteiger partial charge in [-0.25, -0.2) is 4.98 Å². The molecule has 0 spiro atoms. The Morgan fingerprint density at radius 3 is 2.73 bits per heavy atom. The van der Waals surface area contributed by atoms with Gasteiger partial charge in [0.15, 0.2) is 5.16 Å². The van der Waals surface area contributed by atoms with E-state index >= 15 is 0 Å². The highest BCUT2D eigenvalue weighted by atomic mass is 127. The number of allylic oxidation sites excluding steroid dienone is 1. The van der Waals surface area contributed by atoms with Crippen LogP contribution in [0.15, 0.2) is 40.3 Å². The van der Waals surface area contributed by atoms with Gasteiger partial charge in [-0.1, -0.05) is 23.9 Å². The summed E-state index contributed by atoms with van der Waals surface area (Å²) in [5.41, 5.74) is 1.47. The molecule has 1 saturated heterocycles. The van der Waals surface area contributed by atoms with Crippen molar-refractivity contribution in [3.05, 3.63) is 44.3 Å². The van der Waals surface area contributed by atoms with Crippen molar-refractivity contribution in [3.63, 3.8) is 0 Å². The van der Waals surface area contributed by atoms with E-state index in [1.54, 1.807) is 4.57 Å². The first-order valence-corrected chi connectivity index (χ1v) is 10.8. The molecule has 5 nitrogen and oxygen atoms in total. The average Bonchev–Trinajstić information content (AvgIpc) is 2.63. The third kappa shape index (κ3) is 4.49. The van der Waals surface area contributed by atoms with Gasteiger partial charge in [0, 0.05) is 23.2 Å². The number of thioether (sulfide) groups is 1. The first kappa shape index (κ1) is 19.4. The Kier molecular flexibility index (Phi) is 6.39. The Balaban J connectivity index is 1.90. The SMILES string of the molecule is C=C(C)Cn1c(SCC(=O)N2CCCCC2)nc2ccc(I)cc2c1=O. The average molecular weight is 483 g/mol. The van der Waals surface area contributed by atoms with Crippen molar-refractivity contribution < 1.29 is 4.79 Å². The van der Waals surface area contributed by atoms with Gasteiger partial charge in [0.25, 0.3) is 5.56 Å². The number of aromatic nitrogens is 2. The topological polar surface area (TPSA) is 55.2 Å². The van der Waals surface area contributed by atoms with Crippen LogP contribution < -0.4 is 5.56 Å². The first-order chi connectivity index (χ1) is 12.5. The molecule has 0 unspecified atom stereocenters. The summed E-state index contributed by atoms with van der Waals surface area (Å²) in [6.07, 6.45) is 3.34. The van der Waals surface area contributed by atoms with E-state index in [1.807, 2.05) is 30.0 Å². The summed E-state index contributed by atoms with van der Waals surface area (Å²) in [6, 6.07) is 5.65. The van der Waals surface area contributed by atoms with Gasteiger partial charge in [0.05, 0.1) is 16.7 Å². The molecule has 26 heavy (non-hydrogen) atoms. The summed E-state index contributed by atoms with van der Waals surface area (Å²) in [7, 11) is 0. The number of hydrogen-bond acceptors (Lipinski definition) is 4. The maximum absolute atomic E-state index is 13.0. The van der Waals surface area contributed by atoms with Crippen molar-refractivity contribution in [1.82, 2.24) is 14.5 Å². The number of carbonyl (C=O) groups excluding carboxylic acids is 1. The van der Waals surface area contributed by atoms with Crippen LogP contribution in [0.2, 0.25) is 0 Å². The molecule has 0 N–H and O–H groups in total. The molecule has 2 aromatic rings. The second kappa shape index (κ2) is 8.56. The lowest BCUT2D eigenvalue weighted by molar-refractivity contribution is -0.129. The first-order valence-electron chi connectivity index (χ1n) is 8.71. The largest absolute Gasteiger partial charge is 0.342 e. The maximum atomic E-state index is 13.0. The van der Waals surface area contributed by atoms with Gasteiger partial charge in [-0.05, 0) is 67.0 Å². The lowest BCUT2D eigenvalue weighted by Crippen LogP contribution is -2.37. The lowest BCUT2D eigenvalue weighted by Gasteiger charge is -2.26. The van der Waals surface area contributed by atoms with Crippen molar-refractivity contribution in [2.24, 2.45) is 0 Å². The van der Waals surface area contributed by atoms with E-state index in [-0.39, 0.29) is 11.5 Å². The van der Waals surface area contributed by atoms with Crippen LogP contribution in [0.3, 0.4) is 0 Å². The molecule has 0 aliphatic carbocycles. The van der Waals surface area contributed by atoms with Crippen molar-refractivity contribution in [2.75, 3.05) is 18.8 Å². The molecule has 7 heteroatoms. The number of carbonyl (C=O) groups is 1. The van der Waals surface area contributed by atoms with E-state index in [1.165, 1.54) is 18.2 Å². The Morgan fingerprint density at radius 1 is 1.31 bits per heavy atom. The Bertz CT molecular complexity index is 904. The van der Waals surface area contributed by atoms with E-state index in [9.17, 15) is 9.59 Å². The van der Waals surface area contributed by atoms with Gasteiger partial charge in [0.1, 0.15) is 0 Å². The van der Waals surface area contributed by atoms with Crippen LogP contribution in [-0.4, -0.2) is 39.2 Å². The van der Waals surface area contributed by atoms with Crippen molar-refractivity contribution in [1.29, 1.82) is 0 Å². The summed E-state index contributed by atoms with van der Waals surface area (Å²) in [5.74, 6) is 0.423. The zero-order chi connectivity index (χ0) is 18.7. The Labute approximate surface area is 171 Å². The fourth-order valence-corrected chi connectivity index (χ4v) is 4.45. The molecule has 1 amide bonds. The van der Waals surface area contributed by atoms with E-state index in [0.29, 0.717) is 28.4 Å². The van der Waals surface area contributed by atoms with Gasteiger partial charge in [-0.15, -0.1) is 0 Å². The third-order valence-electron chi connectivity index (χ3n) is 4.34. The maximum Gasteiger partial charge on any atom is 0.262 e. The monoisotopic (exact) mass is 483 g/mol. The lowest BCUT2D eigenvalue weighted by atomic mass is 10.1. The normalized spacial score (nSPS) is 14.6. The summed E-state index contributed by atoms with van der Waals surface area (Å²) in [5, 5.41) is 1.18. The van der Waals surface area contributed by atoms with Crippen LogP contribution in [0.25, 0.3) is 10.9 Å². The van der Waals surface area contributed by atoms with Gasteiger partial charge in [-0.2, -0.15) is 0 Å². The highest BCUT2D eigenvalue weighted by Gasteiger charge is 2.19. The molecule has 1 aromatic carbocycles. The van der Waals surface area contributed by atoms with Gasteiger partial charge in [-0.3, -0.25) is 14.2 Å². The number of hydrogen-bond donors (Lipinski definition) is 0. The Morgan fingerprint density at radius 2 is 2.04 bits per heavy atom. The molecule has 1 aromatic heterocycles. The standard InChI is InChI=1S/C19H22IN3O2S/c1-13(2)11-23-18(25)15-10-14(20)6-7-16(15)21-19(23)26-12-17(24)22-8-4-3-5-9-22/h6-7,10H,1,3-5,8-9,11-12H2,2H3. The number of nitrogens with zero attached hydrogens (tertiary/aromatic N) is 3. The predicted molar refractivity (Wildman–Crippen MR) is 115 cm³/mol. The van der Waals surface area contributed by atoms with Gasteiger partial charge < -0.3 is 4.90 Å².